The van der Waals surface area contributed by atoms with Gasteiger partial charge in [0.05, 0.1) is 17.7 Å². The van der Waals surface area contributed by atoms with Gasteiger partial charge in [-0.15, -0.1) is 0 Å². The fraction of sp³-hybridized carbons (Fsp3) is 0.0833. The molecule has 3 aromatic carbocycles. The fourth-order valence-electron chi connectivity index (χ4n) is 3.08. The van der Waals surface area contributed by atoms with Gasteiger partial charge in [-0.2, -0.15) is 0 Å². The van der Waals surface area contributed by atoms with Crippen molar-refractivity contribution in [3.8, 4) is 11.5 Å². The molecule has 3 aromatic rings. The number of halogens is 2. The van der Waals surface area contributed by atoms with Gasteiger partial charge in [-0.3, -0.25) is 0 Å². The number of hydrogen-bond donors (Lipinski definition) is 0. The van der Waals surface area contributed by atoms with E-state index in [1.165, 1.54) is 7.11 Å². The highest BCUT2D eigenvalue weighted by Crippen LogP contribution is 2.38. The summed E-state index contributed by atoms with van der Waals surface area (Å²) in [5.41, 5.74) is 3.25. The number of nitrogens with zero attached hydrogens (tertiary/aromatic N) is 1. The van der Waals surface area contributed by atoms with E-state index in [-0.39, 0.29) is 0 Å². The summed E-state index contributed by atoms with van der Waals surface area (Å²) in [5.74, 6) is 0.366. The van der Waals surface area contributed by atoms with Crippen LogP contribution in [0.25, 0.3) is 6.08 Å². The van der Waals surface area contributed by atoms with Crippen LogP contribution in [0.15, 0.2) is 81.9 Å². The molecule has 0 N–H and O–H groups in total. The van der Waals surface area contributed by atoms with E-state index < -0.39 is 5.97 Å². The van der Waals surface area contributed by atoms with Gasteiger partial charge in [0.1, 0.15) is 12.3 Å². The molecule has 156 valence electrons. The summed E-state index contributed by atoms with van der Waals surface area (Å²) >= 11 is 9.91. The van der Waals surface area contributed by atoms with E-state index >= 15 is 0 Å². The number of methoxy groups -OCH3 is 1. The SMILES string of the molecule is COc1cc(/C=C2\C(=O)ON=C2c2ccccc2)cc(Cl)c1OCc1ccc(Br)cc1. The van der Waals surface area contributed by atoms with Crippen LogP contribution in [0.2, 0.25) is 5.02 Å². The summed E-state index contributed by atoms with van der Waals surface area (Å²) in [4.78, 5) is 17.2. The second-order valence-electron chi connectivity index (χ2n) is 6.69. The molecular formula is C24H17BrClNO4. The van der Waals surface area contributed by atoms with Crippen LogP contribution in [-0.2, 0) is 16.2 Å². The van der Waals surface area contributed by atoms with Gasteiger partial charge >= 0.3 is 5.97 Å². The third-order valence-electron chi connectivity index (χ3n) is 4.60. The maximum Gasteiger partial charge on any atom is 0.368 e. The van der Waals surface area contributed by atoms with Crippen molar-refractivity contribution in [2.75, 3.05) is 7.11 Å². The van der Waals surface area contributed by atoms with Crippen molar-refractivity contribution in [1.29, 1.82) is 0 Å². The molecule has 5 nitrogen and oxygen atoms in total. The summed E-state index contributed by atoms with van der Waals surface area (Å²) in [6, 6.07) is 20.6. The number of carbonyl (C=O) groups is 1. The zero-order chi connectivity index (χ0) is 21.8. The molecule has 0 fully saturated rings. The number of ether oxygens (including phenoxy) is 2. The monoisotopic (exact) mass is 497 g/mol. The van der Waals surface area contributed by atoms with E-state index in [1.807, 2.05) is 54.6 Å². The number of benzene rings is 3. The largest absolute Gasteiger partial charge is 0.493 e. The third-order valence-corrected chi connectivity index (χ3v) is 5.41. The van der Waals surface area contributed by atoms with E-state index in [0.29, 0.717) is 40.0 Å². The minimum atomic E-state index is -0.524. The molecule has 0 aliphatic carbocycles. The minimum Gasteiger partial charge on any atom is -0.493 e. The summed E-state index contributed by atoms with van der Waals surface area (Å²) in [6.07, 6.45) is 1.67. The Bertz CT molecular complexity index is 1170. The average Bonchev–Trinajstić information content (AvgIpc) is 3.14. The van der Waals surface area contributed by atoms with E-state index in [2.05, 4.69) is 21.1 Å². The number of oxime groups is 1. The molecule has 0 saturated carbocycles. The molecule has 0 saturated heterocycles. The zero-order valence-electron chi connectivity index (χ0n) is 16.5. The van der Waals surface area contributed by atoms with Gasteiger partial charge in [0, 0.05) is 10.0 Å². The van der Waals surface area contributed by atoms with E-state index in [9.17, 15) is 4.79 Å². The number of hydrogen-bond acceptors (Lipinski definition) is 5. The molecule has 4 rings (SSSR count). The molecule has 1 aliphatic rings. The first-order valence-corrected chi connectivity index (χ1v) is 10.5. The Labute approximate surface area is 193 Å². The Morgan fingerprint density at radius 2 is 1.84 bits per heavy atom. The van der Waals surface area contributed by atoms with Crippen molar-refractivity contribution in [3.63, 3.8) is 0 Å². The maximum absolute atomic E-state index is 12.3. The van der Waals surface area contributed by atoms with Crippen molar-refractivity contribution in [2.45, 2.75) is 6.61 Å². The fourth-order valence-corrected chi connectivity index (χ4v) is 3.62. The Kier molecular flexibility index (Phi) is 6.39. The number of carbonyl (C=O) groups excluding carboxylic acids is 1. The maximum atomic E-state index is 12.3. The smallest absolute Gasteiger partial charge is 0.368 e. The van der Waals surface area contributed by atoms with Crippen LogP contribution in [0.4, 0.5) is 0 Å². The second kappa shape index (κ2) is 9.37. The first-order chi connectivity index (χ1) is 15.0. The lowest BCUT2D eigenvalue weighted by Gasteiger charge is -2.14. The average molecular weight is 499 g/mol. The molecule has 0 atom stereocenters. The third kappa shape index (κ3) is 4.81. The van der Waals surface area contributed by atoms with Gasteiger partial charge in [0.2, 0.25) is 0 Å². The lowest BCUT2D eigenvalue weighted by Crippen LogP contribution is -2.06. The van der Waals surface area contributed by atoms with Crippen molar-refractivity contribution in [2.24, 2.45) is 5.16 Å². The molecule has 0 unspecified atom stereocenters. The van der Waals surface area contributed by atoms with Gasteiger partial charge in [0.25, 0.3) is 0 Å². The summed E-state index contributed by atoms with van der Waals surface area (Å²) in [6.45, 7) is 0.334. The van der Waals surface area contributed by atoms with Crippen molar-refractivity contribution >= 4 is 45.3 Å². The van der Waals surface area contributed by atoms with Gasteiger partial charge in [0.15, 0.2) is 11.5 Å². The van der Waals surface area contributed by atoms with Crippen LogP contribution < -0.4 is 9.47 Å². The topological polar surface area (TPSA) is 57.1 Å². The molecule has 0 bridgehead atoms. The predicted molar refractivity (Wildman–Crippen MR) is 124 cm³/mol. The highest BCUT2D eigenvalue weighted by molar-refractivity contribution is 9.10. The Balaban J connectivity index is 1.62. The Morgan fingerprint density at radius 1 is 1.10 bits per heavy atom. The molecule has 1 heterocycles. The molecule has 31 heavy (non-hydrogen) atoms. The quantitative estimate of drug-likeness (QED) is 0.307. The predicted octanol–water partition coefficient (Wildman–Crippen LogP) is 6.03. The molecule has 0 amide bonds. The molecule has 0 spiro atoms. The van der Waals surface area contributed by atoms with Gasteiger partial charge in [-0.25, -0.2) is 4.79 Å². The van der Waals surface area contributed by atoms with E-state index in [0.717, 1.165) is 15.6 Å². The summed E-state index contributed by atoms with van der Waals surface area (Å²) in [7, 11) is 1.54. The second-order valence-corrected chi connectivity index (χ2v) is 8.01. The lowest BCUT2D eigenvalue weighted by atomic mass is 10.0. The summed E-state index contributed by atoms with van der Waals surface area (Å²) < 4.78 is 12.4. The molecule has 0 aromatic heterocycles. The van der Waals surface area contributed by atoms with Crippen LogP contribution >= 0.6 is 27.5 Å². The van der Waals surface area contributed by atoms with Gasteiger partial charge in [-0.05, 0) is 41.5 Å². The molecule has 0 radical (unpaired) electrons. The normalized spacial score (nSPS) is 14.4. The van der Waals surface area contributed by atoms with Crippen LogP contribution in [-0.4, -0.2) is 18.8 Å². The van der Waals surface area contributed by atoms with Crippen LogP contribution in [0, 0.1) is 0 Å². The minimum absolute atomic E-state index is 0.334. The van der Waals surface area contributed by atoms with E-state index in [1.54, 1.807) is 18.2 Å². The highest BCUT2D eigenvalue weighted by atomic mass is 79.9. The first-order valence-electron chi connectivity index (χ1n) is 9.37. The molecular weight excluding hydrogens is 482 g/mol. The molecule has 7 heteroatoms. The van der Waals surface area contributed by atoms with Crippen molar-refractivity contribution in [3.05, 3.63) is 98.5 Å². The van der Waals surface area contributed by atoms with Crippen LogP contribution in [0.5, 0.6) is 11.5 Å². The summed E-state index contributed by atoms with van der Waals surface area (Å²) in [5, 5.41) is 4.29. The van der Waals surface area contributed by atoms with Crippen molar-refractivity contribution < 1.29 is 19.1 Å². The van der Waals surface area contributed by atoms with E-state index in [4.69, 9.17) is 25.9 Å². The Morgan fingerprint density at radius 3 is 2.55 bits per heavy atom. The highest BCUT2D eigenvalue weighted by Gasteiger charge is 2.27. The van der Waals surface area contributed by atoms with Crippen molar-refractivity contribution in [1.82, 2.24) is 0 Å². The lowest BCUT2D eigenvalue weighted by molar-refractivity contribution is -0.136. The van der Waals surface area contributed by atoms with Gasteiger partial charge < -0.3 is 14.3 Å². The molecule has 1 aliphatic heterocycles. The van der Waals surface area contributed by atoms with Crippen LogP contribution in [0.1, 0.15) is 16.7 Å². The first kappa shape index (κ1) is 21.2. The number of rotatable bonds is 6. The zero-order valence-corrected chi connectivity index (χ0v) is 18.8. The van der Waals surface area contributed by atoms with Crippen LogP contribution in [0.3, 0.4) is 0 Å². The Hall–Kier alpha value is -3.09. The van der Waals surface area contributed by atoms with Gasteiger partial charge in [-0.1, -0.05) is 75.2 Å². The standard InChI is InChI=1S/C24H17BrClNO4/c1-29-21-13-16(11-19-22(27-31-24(19)28)17-5-3-2-4-6-17)12-20(26)23(21)30-14-15-7-9-18(25)10-8-15/h2-13H,14H2,1H3/b19-11-.